The van der Waals surface area contributed by atoms with Gasteiger partial charge in [0, 0.05) is 24.6 Å². The van der Waals surface area contributed by atoms with Gasteiger partial charge in [-0.2, -0.15) is 0 Å². The van der Waals surface area contributed by atoms with Gasteiger partial charge < -0.3 is 10.6 Å². The highest BCUT2D eigenvalue weighted by Gasteiger charge is 2.11. The second kappa shape index (κ2) is 6.58. The van der Waals surface area contributed by atoms with E-state index in [0.717, 1.165) is 16.6 Å². The molecule has 19 heavy (non-hydrogen) atoms. The number of benzene rings is 1. The molecule has 0 aliphatic rings. The van der Waals surface area contributed by atoms with Crippen molar-refractivity contribution in [1.82, 2.24) is 9.97 Å². The number of nitrogens with two attached hydrogens (primary N) is 1. The maximum Gasteiger partial charge on any atom is 0.229 e. The SMILES string of the molecule is NCCCN(c1ccc(F)cc1)c1ncc(Br)cn1. The van der Waals surface area contributed by atoms with E-state index >= 15 is 0 Å². The van der Waals surface area contributed by atoms with Gasteiger partial charge in [0.2, 0.25) is 5.95 Å². The first kappa shape index (κ1) is 13.9. The van der Waals surface area contributed by atoms with Crippen LogP contribution in [0, 0.1) is 5.82 Å². The summed E-state index contributed by atoms with van der Waals surface area (Å²) in [5.41, 5.74) is 6.39. The minimum atomic E-state index is -0.265. The van der Waals surface area contributed by atoms with E-state index in [2.05, 4.69) is 25.9 Å². The van der Waals surface area contributed by atoms with Crippen LogP contribution in [0.3, 0.4) is 0 Å². The Morgan fingerprint density at radius 2 is 1.79 bits per heavy atom. The summed E-state index contributed by atoms with van der Waals surface area (Å²) < 4.78 is 13.8. The Morgan fingerprint density at radius 1 is 1.16 bits per heavy atom. The lowest BCUT2D eigenvalue weighted by atomic mass is 10.2. The summed E-state index contributed by atoms with van der Waals surface area (Å²) in [6, 6.07) is 6.25. The van der Waals surface area contributed by atoms with Crippen molar-refractivity contribution in [3.63, 3.8) is 0 Å². The molecule has 6 heteroatoms. The molecule has 0 spiro atoms. The number of rotatable bonds is 5. The van der Waals surface area contributed by atoms with E-state index in [4.69, 9.17) is 5.73 Å². The van der Waals surface area contributed by atoms with Crippen molar-refractivity contribution in [2.24, 2.45) is 5.73 Å². The zero-order valence-corrected chi connectivity index (χ0v) is 11.8. The number of anilines is 2. The lowest BCUT2D eigenvalue weighted by Crippen LogP contribution is -2.22. The monoisotopic (exact) mass is 324 g/mol. The molecule has 1 aromatic carbocycles. The molecule has 2 aromatic rings. The quantitative estimate of drug-likeness (QED) is 0.918. The molecule has 4 nitrogen and oxygen atoms in total. The molecule has 2 rings (SSSR count). The molecule has 0 unspecified atom stereocenters. The summed E-state index contributed by atoms with van der Waals surface area (Å²) in [5, 5.41) is 0. The molecule has 100 valence electrons. The summed E-state index contributed by atoms with van der Waals surface area (Å²) in [6.07, 6.45) is 4.17. The van der Waals surface area contributed by atoms with Crippen LogP contribution in [0.1, 0.15) is 6.42 Å². The zero-order valence-electron chi connectivity index (χ0n) is 10.3. The first-order valence-corrected chi connectivity index (χ1v) is 6.70. The van der Waals surface area contributed by atoms with Crippen LogP contribution in [-0.2, 0) is 0 Å². The van der Waals surface area contributed by atoms with E-state index in [-0.39, 0.29) is 5.82 Å². The predicted molar refractivity (Wildman–Crippen MR) is 76.8 cm³/mol. The lowest BCUT2D eigenvalue weighted by Gasteiger charge is -2.22. The molecule has 1 heterocycles. The number of hydrogen-bond donors (Lipinski definition) is 1. The van der Waals surface area contributed by atoms with Gasteiger partial charge in [-0.25, -0.2) is 14.4 Å². The van der Waals surface area contributed by atoms with E-state index in [1.54, 1.807) is 24.5 Å². The Morgan fingerprint density at radius 3 is 2.37 bits per heavy atom. The van der Waals surface area contributed by atoms with E-state index in [1.807, 2.05) is 4.90 Å². The Kier molecular flexibility index (Phi) is 4.81. The Bertz CT molecular complexity index is 470. The summed E-state index contributed by atoms with van der Waals surface area (Å²) in [7, 11) is 0. The Balaban J connectivity index is 2.29. The Hall–Kier alpha value is -1.53. The number of halogens is 2. The molecule has 0 fully saturated rings. The summed E-state index contributed by atoms with van der Waals surface area (Å²) >= 11 is 3.30. The van der Waals surface area contributed by atoms with E-state index in [1.165, 1.54) is 12.1 Å². The second-order valence-corrected chi connectivity index (χ2v) is 4.89. The number of aromatic nitrogens is 2. The van der Waals surface area contributed by atoms with Gasteiger partial charge in [-0.3, -0.25) is 0 Å². The molecule has 0 amide bonds. The molecule has 0 radical (unpaired) electrons. The minimum absolute atomic E-state index is 0.265. The van der Waals surface area contributed by atoms with Gasteiger partial charge in [0.25, 0.3) is 0 Å². The maximum absolute atomic E-state index is 13.0. The first-order chi connectivity index (χ1) is 9.20. The molecule has 0 aliphatic carbocycles. The van der Waals surface area contributed by atoms with Crippen molar-refractivity contribution in [3.8, 4) is 0 Å². The fourth-order valence-corrected chi connectivity index (χ4v) is 1.86. The topological polar surface area (TPSA) is 55.0 Å². The van der Waals surface area contributed by atoms with Gasteiger partial charge in [0.15, 0.2) is 0 Å². The van der Waals surface area contributed by atoms with Crippen molar-refractivity contribution in [2.75, 3.05) is 18.0 Å². The predicted octanol–water partition coefficient (Wildman–Crippen LogP) is 2.87. The third-order valence-electron chi connectivity index (χ3n) is 2.57. The van der Waals surface area contributed by atoms with Gasteiger partial charge in [-0.1, -0.05) is 0 Å². The maximum atomic E-state index is 13.0. The lowest BCUT2D eigenvalue weighted by molar-refractivity contribution is 0.627. The zero-order chi connectivity index (χ0) is 13.7. The third kappa shape index (κ3) is 3.71. The molecule has 0 atom stereocenters. The van der Waals surface area contributed by atoms with Crippen molar-refractivity contribution in [3.05, 3.63) is 46.9 Å². The molecule has 0 saturated carbocycles. The average molecular weight is 325 g/mol. The van der Waals surface area contributed by atoms with Crippen LogP contribution >= 0.6 is 15.9 Å². The highest BCUT2D eigenvalue weighted by molar-refractivity contribution is 9.10. The minimum Gasteiger partial charge on any atom is -0.330 e. The van der Waals surface area contributed by atoms with Gasteiger partial charge in [0.1, 0.15) is 5.82 Å². The fraction of sp³-hybridized carbons (Fsp3) is 0.231. The fourth-order valence-electron chi connectivity index (χ4n) is 1.66. The molecular weight excluding hydrogens is 311 g/mol. The van der Waals surface area contributed by atoms with Gasteiger partial charge >= 0.3 is 0 Å². The highest BCUT2D eigenvalue weighted by atomic mass is 79.9. The van der Waals surface area contributed by atoms with E-state index < -0.39 is 0 Å². The number of nitrogens with zero attached hydrogens (tertiary/aromatic N) is 3. The van der Waals surface area contributed by atoms with Gasteiger partial charge in [-0.05, 0) is 53.2 Å². The van der Waals surface area contributed by atoms with E-state index in [9.17, 15) is 4.39 Å². The molecule has 1 aromatic heterocycles. The normalized spacial score (nSPS) is 10.5. The smallest absolute Gasteiger partial charge is 0.229 e. The van der Waals surface area contributed by atoms with Crippen molar-refractivity contribution >= 4 is 27.6 Å². The van der Waals surface area contributed by atoms with E-state index in [0.29, 0.717) is 19.0 Å². The first-order valence-electron chi connectivity index (χ1n) is 5.91. The third-order valence-corrected chi connectivity index (χ3v) is 2.98. The van der Waals surface area contributed by atoms with Gasteiger partial charge in [0.05, 0.1) is 4.47 Å². The van der Waals surface area contributed by atoms with Crippen LogP contribution < -0.4 is 10.6 Å². The highest BCUT2D eigenvalue weighted by Crippen LogP contribution is 2.22. The largest absolute Gasteiger partial charge is 0.330 e. The van der Waals surface area contributed by atoms with Crippen LogP contribution in [-0.4, -0.2) is 23.1 Å². The molecule has 2 N–H and O–H groups in total. The molecule has 0 saturated heterocycles. The molecule has 0 aliphatic heterocycles. The van der Waals surface area contributed by atoms with Gasteiger partial charge in [-0.15, -0.1) is 0 Å². The Labute approximate surface area is 119 Å². The standard InChI is InChI=1S/C13H14BrFN4/c14-10-8-17-13(18-9-10)19(7-1-6-16)12-4-2-11(15)3-5-12/h2-5,8-9H,1,6-7,16H2. The van der Waals surface area contributed by atoms with Crippen LogP contribution in [0.15, 0.2) is 41.1 Å². The summed E-state index contributed by atoms with van der Waals surface area (Å²) in [4.78, 5) is 10.4. The average Bonchev–Trinajstić information content (AvgIpc) is 2.43. The second-order valence-electron chi connectivity index (χ2n) is 3.97. The molecule has 0 bridgehead atoms. The molecular formula is C13H14BrFN4. The van der Waals surface area contributed by atoms with Crippen molar-refractivity contribution in [2.45, 2.75) is 6.42 Å². The number of hydrogen-bond acceptors (Lipinski definition) is 4. The van der Waals surface area contributed by atoms with Crippen molar-refractivity contribution in [1.29, 1.82) is 0 Å². The van der Waals surface area contributed by atoms with Crippen LogP contribution in [0.4, 0.5) is 16.0 Å². The summed E-state index contributed by atoms with van der Waals surface area (Å²) in [6.45, 7) is 1.26. The summed E-state index contributed by atoms with van der Waals surface area (Å²) in [5.74, 6) is 0.308. The van der Waals surface area contributed by atoms with Crippen molar-refractivity contribution < 1.29 is 4.39 Å². The van der Waals surface area contributed by atoms with Crippen LogP contribution in [0.25, 0.3) is 0 Å². The van der Waals surface area contributed by atoms with Crippen LogP contribution in [0.2, 0.25) is 0 Å². The van der Waals surface area contributed by atoms with Crippen LogP contribution in [0.5, 0.6) is 0 Å².